The third kappa shape index (κ3) is 4.48. The molecule has 0 radical (unpaired) electrons. The van der Waals surface area contributed by atoms with Gasteiger partial charge in [0.15, 0.2) is 11.5 Å². The number of carbonyl (C=O) groups excluding carboxylic acids is 2. The lowest BCUT2D eigenvalue weighted by Gasteiger charge is -2.23. The van der Waals surface area contributed by atoms with Crippen molar-refractivity contribution in [2.45, 2.75) is 18.9 Å². The van der Waals surface area contributed by atoms with Gasteiger partial charge < -0.3 is 9.64 Å². The Morgan fingerprint density at radius 3 is 2.42 bits per heavy atom. The maximum absolute atomic E-state index is 13.3. The highest BCUT2D eigenvalue weighted by molar-refractivity contribution is 6.30. The van der Waals surface area contributed by atoms with Gasteiger partial charge in [0.1, 0.15) is 5.76 Å². The molecular formula is C28H22ClNO3. The van der Waals surface area contributed by atoms with Gasteiger partial charge in [0.05, 0.1) is 6.42 Å². The number of carbonyl (C=O) groups is 2. The predicted molar refractivity (Wildman–Crippen MR) is 128 cm³/mol. The van der Waals surface area contributed by atoms with E-state index >= 15 is 0 Å². The highest BCUT2D eigenvalue weighted by Crippen LogP contribution is 2.41. The highest BCUT2D eigenvalue weighted by atomic mass is 35.5. The molecule has 0 bridgehead atoms. The maximum Gasteiger partial charge on any atom is 0.290 e. The van der Waals surface area contributed by atoms with Crippen LogP contribution < -0.4 is 0 Å². The first-order chi connectivity index (χ1) is 16.1. The van der Waals surface area contributed by atoms with Crippen molar-refractivity contribution in [3.63, 3.8) is 0 Å². The largest absolute Gasteiger partial charge is 0.456 e. The van der Waals surface area contributed by atoms with Crippen LogP contribution in [0.3, 0.4) is 0 Å². The lowest BCUT2D eigenvalue weighted by Crippen LogP contribution is -2.27. The van der Waals surface area contributed by atoms with Gasteiger partial charge in [-0.2, -0.15) is 0 Å². The third-order valence-electron chi connectivity index (χ3n) is 5.95. The van der Waals surface area contributed by atoms with Gasteiger partial charge in [-0.1, -0.05) is 84.4 Å². The van der Waals surface area contributed by atoms with E-state index in [0.717, 1.165) is 16.7 Å². The number of ether oxygens (including phenoxy) is 1. The SMILES string of the molecule is O=C(CC1=C[C@H](c2cccc(Cl)c2)C2=C(O1)C(=O)N(Cc1ccccc1)C2)c1ccccc1. The van der Waals surface area contributed by atoms with Gasteiger partial charge in [0.2, 0.25) is 0 Å². The molecule has 0 saturated heterocycles. The number of hydrogen-bond donors (Lipinski definition) is 0. The zero-order chi connectivity index (χ0) is 22.8. The van der Waals surface area contributed by atoms with Crippen LogP contribution in [0.4, 0.5) is 0 Å². The monoisotopic (exact) mass is 455 g/mol. The van der Waals surface area contributed by atoms with Crippen LogP contribution in [0, 0.1) is 0 Å². The van der Waals surface area contributed by atoms with Crippen molar-refractivity contribution in [3.05, 3.63) is 130 Å². The number of benzene rings is 3. The Balaban J connectivity index is 1.45. The van der Waals surface area contributed by atoms with Crippen LogP contribution in [0.5, 0.6) is 0 Å². The summed E-state index contributed by atoms with van der Waals surface area (Å²) in [4.78, 5) is 27.9. The number of nitrogens with zero attached hydrogens (tertiary/aromatic N) is 1. The summed E-state index contributed by atoms with van der Waals surface area (Å²) < 4.78 is 6.06. The minimum Gasteiger partial charge on any atom is -0.456 e. The van der Waals surface area contributed by atoms with Crippen LogP contribution in [0.2, 0.25) is 5.02 Å². The topological polar surface area (TPSA) is 46.6 Å². The summed E-state index contributed by atoms with van der Waals surface area (Å²) in [5.41, 5.74) is 3.54. The van der Waals surface area contributed by atoms with Crippen molar-refractivity contribution in [1.29, 1.82) is 0 Å². The molecule has 0 unspecified atom stereocenters. The van der Waals surface area contributed by atoms with Gasteiger partial charge in [0.25, 0.3) is 5.91 Å². The molecule has 2 aliphatic rings. The number of hydrogen-bond acceptors (Lipinski definition) is 3. The minimum absolute atomic E-state index is 0.0534. The second-order valence-electron chi connectivity index (χ2n) is 8.23. The molecule has 3 aromatic rings. The number of Topliss-reactive ketones (excluding diaryl/α,β-unsaturated/α-hetero) is 1. The number of rotatable bonds is 6. The zero-order valence-electron chi connectivity index (χ0n) is 17.9. The molecular weight excluding hydrogens is 434 g/mol. The second kappa shape index (κ2) is 9.08. The van der Waals surface area contributed by atoms with E-state index in [1.54, 1.807) is 17.0 Å². The van der Waals surface area contributed by atoms with Crippen LogP contribution in [-0.4, -0.2) is 23.1 Å². The average molecular weight is 456 g/mol. The van der Waals surface area contributed by atoms with Crippen molar-refractivity contribution < 1.29 is 14.3 Å². The summed E-state index contributed by atoms with van der Waals surface area (Å²) in [6.07, 6.45) is 2.04. The summed E-state index contributed by atoms with van der Waals surface area (Å²) >= 11 is 6.27. The Labute approximate surface area is 197 Å². The first-order valence-electron chi connectivity index (χ1n) is 10.9. The lowest BCUT2D eigenvalue weighted by molar-refractivity contribution is -0.128. The molecule has 4 nitrogen and oxygen atoms in total. The molecule has 0 N–H and O–H groups in total. The van der Waals surface area contributed by atoms with Crippen LogP contribution >= 0.6 is 11.6 Å². The molecule has 3 aromatic carbocycles. The molecule has 1 amide bonds. The third-order valence-corrected chi connectivity index (χ3v) is 6.19. The molecule has 0 aromatic heterocycles. The Hall–Kier alpha value is -3.63. The zero-order valence-corrected chi connectivity index (χ0v) is 18.7. The Kier molecular flexibility index (Phi) is 5.84. The average Bonchev–Trinajstić information content (AvgIpc) is 3.15. The fourth-order valence-corrected chi connectivity index (χ4v) is 4.54. The Morgan fingerprint density at radius 1 is 0.970 bits per heavy atom. The van der Waals surface area contributed by atoms with Crippen molar-refractivity contribution in [1.82, 2.24) is 4.90 Å². The summed E-state index contributed by atoms with van der Waals surface area (Å²) in [5.74, 6) is 0.425. The van der Waals surface area contributed by atoms with E-state index in [-0.39, 0.29) is 24.0 Å². The molecule has 0 aliphatic carbocycles. The molecule has 164 valence electrons. The van der Waals surface area contributed by atoms with E-state index in [0.29, 0.717) is 35.2 Å². The fraction of sp³-hybridized carbons (Fsp3) is 0.143. The van der Waals surface area contributed by atoms with Gasteiger partial charge in [-0.05, 0) is 29.3 Å². The van der Waals surface area contributed by atoms with Gasteiger partial charge >= 0.3 is 0 Å². The van der Waals surface area contributed by atoms with Gasteiger partial charge in [-0.15, -0.1) is 0 Å². The van der Waals surface area contributed by atoms with E-state index in [4.69, 9.17) is 16.3 Å². The van der Waals surface area contributed by atoms with E-state index in [1.165, 1.54) is 0 Å². The molecule has 2 aliphatic heterocycles. The number of ketones is 1. The molecule has 2 heterocycles. The Bertz CT molecular complexity index is 1260. The summed E-state index contributed by atoms with van der Waals surface area (Å²) in [7, 11) is 0. The fourth-order valence-electron chi connectivity index (χ4n) is 4.34. The van der Waals surface area contributed by atoms with Crippen molar-refractivity contribution in [3.8, 4) is 0 Å². The predicted octanol–water partition coefficient (Wildman–Crippen LogP) is 5.91. The van der Waals surface area contributed by atoms with Crippen molar-refractivity contribution in [2.24, 2.45) is 0 Å². The standard InChI is InChI=1S/C28H22ClNO3/c29-22-13-7-12-21(14-22)24-15-23(16-26(31)20-10-5-2-6-11-20)33-27-25(24)18-30(28(27)32)17-19-8-3-1-4-9-19/h1-15,24H,16-18H2/t24-/m1/s1. The second-order valence-corrected chi connectivity index (χ2v) is 8.67. The molecule has 0 saturated carbocycles. The van der Waals surface area contributed by atoms with Gasteiger partial charge in [-0.25, -0.2) is 0 Å². The van der Waals surface area contributed by atoms with Gasteiger partial charge in [0, 0.05) is 35.2 Å². The molecule has 33 heavy (non-hydrogen) atoms. The van der Waals surface area contributed by atoms with Crippen molar-refractivity contribution >= 4 is 23.3 Å². The molecule has 5 heteroatoms. The first kappa shape index (κ1) is 21.2. The first-order valence-corrected chi connectivity index (χ1v) is 11.2. The summed E-state index contributed by atoms with van der Waals surface area (Å²) in [6, 6.07) is 26.6. The lowest BCUT2D eigenvalue weighted by atomic mass is 9.88. The maximum atomic E-state index is 13.3. The molecule has 1 atom stereocenters. The van der Waals surface area contributed by atoms with Crippen LogP contribution in [0.15, 0.2) is 108 Å². The minimum atomic E-state index is -0.184. The molecule has 0 fully saturated rings. The molecule has 5 rings (SSSR count). The highest BCUT2D eigenvalue weighted by Gasteiger charge is 2.39. The van der Waals surface area contributed by atoms with Crippen LogP contribution in [-0.2, 0) is 16.1 Å². The quantitative estimate of drug-likeness (QED) is 0.434. The van der Waals surface area contributed by atoms with E-state index in [9.17, 15) is 9.59 Å². The summed E-state index contributed by atoms with van der Waals surface area (Å²) in [5, 5.41) is 0.627. The van der Waals surface area contributed by atoms with Crippen LogP contribution in [0.25, 0.3) is 0 Å². The smallest absolute Gasteiger partial charge is 0.290 e. The van der Waals surface area contributed by atoms with Crippen LogP contribution in [0.1, 0.15) is 33.8 Å². The van der Waals surface area contributed by atoms with E-state index < -0.39 is 0 Å². The Morgan fingerprint density at radius 2 is 1.70 bits per heavy atom. The number of halogens is 1. The normalized spacial score (nSPS) is 17.5. The van der Waals surface area contributed by atoms with Crippen molar-refractivity contribution in [2.75, 3.05) is 6.54 Å². The number of amides is 1. The van der Waals surface area contributed by atoms with Gasteiger partial charge in [-0.3, -0.25) is 9.59 Å². The molecule has 0 spiro atoms. The van der Waals surface area contributed by atoms with E-state index in [2.05, 4.69) is 0 Å². The number of allylic oxidation sites excluding steroid dienone is 2. The summed E-state index contributed by atoms with van der Waals surface area (Å²) in [6.45, 7) is 0.966. The van der Waals surface area contributed by atoms with E-state index in [1.807, 2.05) is 78.9 Å².